The predicted molar refractivity (Wildman–Crippen MR) is 92.6 cm³/mol. The van der Waals surface area contributed by atoms with E-state index in [2.05, 4.69) is 20.2 Å². The summed E-state index contributed by atoms with van der Waals surface area (Å²) in [5.74, 6) is 0.531. The number of likely N-dealkylation sites (tertiary alicyclic amines) is 1. The zero-order chi connectivity index (χ0) is 15.6. The number of nitrogens with zero attached hydrogens (tertiary/aromatic N) is 2. The number of hydrogen-bond donors (Lipinski definition) is 2. The first-order valence-electron chi connectivity index (χ1n) is 8.39. The van der Waals surface area contributed by atoms with Gasteiger partial charge in [0, 0.05) is 25.2 Å². The molecule has 0 spiro atoms. The Labute approximate surface area is 140 Å². The molecule has 1 amide bonds. The minimum atomic E-state index is 0.111. The molecule has 0 atom stereocenters. The minimum Gasteiger partial charge on any atom is -0.353 e. The number of thioether (sulfide) groups is 1. The van der Waals surface area contributed by atoms with Gasteiger partial charge in [0.1, 0.15) is 0 Å². The second-order valence-corrected chi connectivity index (χ2v) is 7.42. The monoisotopic (exact) mass is 330 g/mol. The molecule has 1 aromatic heterocycles. The number of piperidine rings is 1. The van der Waals surface area contributed by atoms with Crippen LogP contribution in [0.3, 0.4) is 0 Å². The second-order valence-electron chi connectivity index (χ2n) is 6.46. The summed E-state index contributed by atoms with van der Waals surface area (Å²) in [6, 6.07) is 9.11. The van der Waals surface area contributed by atoms with Crippen LogP contribution in [0, 0.1) is 0 Å². The van der Waals surface area contributed by atoms with E-state index in [1.165, 1.54) is 24.6 Å². The number of rotatable bonds is 5. The molecule has 1 aliphatic carbocycles. The summed E-state index contributed by atoms with van der Waals surface area (Å²) >= 11 is 1.47. The molecule has 2 aromatic rings. The first-order chi connectivity index (χ1) is 11.3. The third-order valence-electron chi connectivity index (χ3n) is 4.67. The number of carbonyl (C=O) groups is 1. The summed E-state index contributed by atoms with van der Waals surface area (Å²) < 4.78 is 0. The van der Waals surface area contributed by atoms with Gasteiger partial charge >= 0.3 is 0 Å². The number of hydrogen-bond acceptors (Lipinski definition) is 4. The van der Waals surface area contributed by atoms with E-state index in [1.54, 1.807) is 0 Å². The predicted octanol–water partition coefficient (Wildman–Crippen LogP) is 2.40. The molecule has 1 aromatic carbocycles. The number of imidazole rings is 1. The number of benzene rings is 1. The molecule has 2 aliphatic rings. The molecule has 2 heterocycles. The number of fused-ring (bicyclic) bond motifs is 1. The maximum absolute atomic E-state index is 12.1. The Morgan fingerprint density at radius 1 is 1.26 bits per heavy atom. The van der Waals surface area contributed by atoms with Gasteiger partial charge in [0.2, 0.25) is 5.91 Å². The van der Waals surface area contributed by atoms with E-state index in [1.807, 2.05) is 24.3 Å². The lowest BCUT2D eigenvalue weighted by Gasteiger charge is -2.32. The maximum Gasteiger partial charge on any atom is 0.230 e. The normalized spacial score (nSPS) is 20.0. The summed E-state index contributed by atoms with van der Waals surface area (Å²) in [5.41, 5.74) is 1.96. The molecule has 0 bridgehead atoms. The van der Waals surface area contributed by atoms with E-state index < -0.39 is 0 Å². The van der Waals surface area contributed by atoms with Crippen LogP contribution in [0.2, 0.25) is 0 Å². The number of para-hydroxylation sites is 2. The van der Waals surface area contributed by atoms with Crippen LogP contribution in [-0.2, 0) is 4.79 Å². The van der Waals surface area contributed by atoms with Crippen molar-refractivity contribution in [1.29, 1.82) is 0 Å². The van der Waals surface area contributed by atoms with Gasteiger partial charge < -0.3 is 15.2 Å². The molecule has 122 valence electrons. The molecule has 0 radical (unpaired) electrons. The summed E-state index contributed by atoms with van der Waals surface area (Å²) in [6.45, 7) is 2.26. The van der Waals surface area contributed by atoms with Gasteiger partial charge in [-0.25, -0.2) is 4.98 Å². The molecule has 2 fully saturated rings. The Bertz CT molecular complexity index is 656. The average Bonchev–Trinajstić information content (AvgIpc) is 3.33. The van der Waals surface area contributed by atoms with E-state index >= 15 is 0 Å². The van der Waals surface area contributed by atoms with E-state index in [9.17, 15) is 4.79 Å². The molecule has 6 heteroatoms. The molecule has 5 nitrogen and oxygen atoms in total. The highest BCUT2D eigenvalue weighted by Crippen LogP contribution is 2.29. The van der Waals surface area contributed by atoms with Crippen molar-refractivity contribution in [3.63, 3.8) is 0 Å². The Morgan fingerprint density at radius 3 is 2.78 bits per heavy atom. The number of carbonyl (C=O) groups excluding carboxylic acids is 1. The zero-order valence-electron chi connectivity index (χ0n) is 13.1. The van der Waals surface area contributed by atoms with Crippen LogP contribution in [0.4, 0.5) is 0 Å². The van der Waals surface area contributed by atoms with Gasteiger partial charge in [-0.1, -0.05) is 23.9 Å². The molecule has 2 N–H and O–H groups in total. The van der Waals surface area contributed by atoms with E-state index in [0.717, 1.165) is 48.2 Å². The highest BCUT2D eigenvalue weighted by Gasteiger charge is 2.32. The topological polar surface area (TPSA) is 61.0 Å². The van der Waals surface area contributed by atoms with Gasteiger partial charge in [-0.05, 0) is 37.8 Å². The van der Waals surface area contributed by atoms with Crippen LogP contribution in [0.25, 0.3) is 11.0 Å². The molecule has 23 heavy (non-hydrogen) atoms. The van der Waals surface area contributed by atoms with Crippen LogP contribution >= 0.6 is 11.8 Å². The molecule has 0 unspecified atom stereocenters. The molecule has 1 saturated carbocycles. The van der Waals surface area contributed by atoms with Crippen molar-refractivity contribution in [2.75, 3.05) is 18.8 Å². The fourth-order valence-electron chi connectivity index (χ4n) is 3.25. The Balaban J connectivity index is 1.24. The summed E-state index contributed by atoms with van der Waals surface area (Å²) in [5, 5.41) is 3.98. The van der Waals surface area contributed by atoms with E-state index in [-0.39, 0.29) is 5.91 Å². The Morgan fingerprint density at radius 2 is 2.04 bits per heavy atom. The van der Waals surface area contributed by atoms with E-state index in [4.69, 9.17) is 0 Å². The molecule has 1 aliphatic heterocycles. The highest BCUT2D eigenvalue weighted by atomic mass is 32.2. The number of aromatic nitrogens is 2. The first kappa shape index (κ1) is 15.0. The van der Waals surface area contributed by atoms with Crippen LogP contribution in [0.15, 0.2) is 29.4 Å². The third kappa shape index (κ3) is 3.70. The van der Waals surface area contributed by atoms with Crippen molar-refractivity contribution in [2.24, 2.45) is 0 Å². The quantitative estimate of drug-likeness (QED) is 0.827. The molecular weight excluding hydrogens is 308 g/mol. The lowest BCUT2D eigenvalue weighted by atomic mass is 10.1. The fraction of sp³-hybridized carbons (Fsp3) is 0.529. The summed E-state index contributed by atoms with van der Waals surface area (Å²) in [6.07, 6.45) is 4.89. The lowest BCUT2D eigenvalue weighted by molar-refractivity contribution is -0.119. The summed E-state index contributed by atoms with van der Waals surface area (Å²) in [4.78, 5) is 22.4. The Hall–Kier alpha value is -1.53. The standard InChI is InChI=1S/C17H22N4OS/c22-16(18-12-7-9-21(10-8-12)13-5-6-13)11-23-17-19-14-3-1-2-4-15(14)20-17/h1-4,12-13H,5-11H2,(H,18,22)(H,19,20). The van der Waals surface area contributed by atoms with Gasteiger partial charge in [0.15, 0.2) is 5.16 Å². The highest BCUT2D eigenvalue weighted by molar-refractivity contribution is 7.99. The average molecular weight is 330 g/mol. The molecule has 1 saturated heterocycles. The van der Waals surface area contributed by atoms with Gasteiger partial charge in [-0.15, -0.1) is 0 Å². The number of aromatic amines is 1. The largest absolute Gasteiger partial charge is 0.353 e. The van der Waals surface area contributed by atoms with Gasteiger partial charge in [-0.2, -0.15) is 0 Å². The van der Waals surface area contributed by atoms with Crippen molar-refractivity contribution < 1.29 is 4.79 Å². The maximum atomic E-state index is 12.1. The van der Waals surface area contributed by atoms with Gasteiger partial charge in [0.05, 0.1) is 16.8 Å². The van der Waals surface area contributed by atoms with Crippen LogP contribution in [-0.4, -0.2) is 51.7 Å². The van der Waals surface area contributed by atoms with Crippen LogP contribution in [0.1, 0.15) is 25.7 Å². The molecular formula is C17H22N4OS. The fourth-order valence-corrected chi connectivity index (χ4v) is 3.95. The van der Waals surface area contributed by atoms with Crippen molar-refractivity contribution >= 4 is 28.7 Å². The Kier molecular flexibility index (Phi) is 4.27. The number of H-pyrrole nitrogens is 1. The third-order valence-corrected chi connectivity index (χ3v) is 5.54. The van der Waals surface area contributed by atoms with Crippen LogP contribution < -0.4 is 5.32 Å². The smallest absolute Gasteiger partial charge is 0.230 e. The van der Waals surface area contributed by atoms with Gasteiger partial charge in [-0.3, -0.25) is 4.79 Å². The van der Waals surface area contributed by atoms with Crippen LogP contribution in [0.5, 0.6) is 0 Å². The first-order valence-corrected chi connectivity index (χ1v) is 9.37. The van der Waals surface area contributed by atoms with E-state index in [0.29, 0.717) is 11.8 Å². The van der Waals surface area contributed by atoms with Crippen molar-refractivity contribution in [3.05, 3.63) is 24.3 Å². The minimum absolute atomic E-state index is 0.111. The lowest BCUT2D eigenvalue weighted by Crippen LogP contribution is -2.45. The summed E-state index contributed by atoms with van der Waals surface area (Å²) in [7, 11) is 0. The van der Waals surface area contributed by atoms with Gasteiger partial charge in [0.25, 0.3) is 0 Å². The molecule has 4 rings (SSSR count). The second kappa shape index (κ2) is 6.53. The van der Waals surface area contributed by atoms with Crippen molar-refractivity contribution in [1.82, 2.24) is 20.2 Å². The number of amides is 1. The number of nitrogens with one attached hydrogen (secondary N) is 2. The van der Waals surface area contributed by atoms with Crippen molar-refractivity contribution in [3.8, 4) is 0 Å². The SMILES string of the molecule is O=C(CSc1nc2ccccc2[nH]1)NC1CCN(C2CC2)CC1. The zero-order valence-corrected chi connectivity index (χ0v) is 13.9. The van der Waals surface area contributed by atoms with Crippen molar-refractivity contribution in [2.45, 2.75) is 42.9 Å².